The van der Waals surface area contributed by atoms with Gasteiger partial charge in [0, 0.05) is 37.5 Å². The van der Waals surface area contributed by atoms with Crippen LogP contribution in [0.4, 0.5) is 0 Å². The molecule has 7 nitrogen and oxygen atoms in total. The average Bonchev–Trinajstić information content (AvgIpc) is 3.28. The third-order valence-electron chi connectivity index (χ3n) is 5.65. The second-order valence-electron chi connectivity index (χ2n) is 7.22. The molecule has 0 spiro atoms. The standard InChI is InChI=1S/C20H26N4O3/c1-26-16-8-6-7-15(18(16)27-2)14-10-12-23(13-14)20(25)19-22-21-17-9-4-3-5-11-24(17)19/h6-8,14H,3-5,9-13H2,1-2H3. The van der Waals surface area contributed by atoms with Gasteiger partial charge in [0.2, 0.25) is 5.82 Å². The smallest absolute Gasteiger partial charge is 0.291 e. The molecule has 0 saturated carbocycles. The number of ether oxygens (including phenoxy) is 2. The first kappa shape index (κ1) is 17.8. The molecule has 144 valence electrons. The fraction of sp³-hybridized carbons (Fsp3) is 0.550. The van der Waals surface area contributed by atoms with Crippen molar-refractivity contribution in [2.75, 3.05) is 27.3 Å². The van der Waals surface area contributed by atoms with Crippen LogP contribution in [-0.4, -0.2) is 52.9 Å². The van der Waals surface area contributed by atoms with Crippen molar-refractivity contribution in [3.63, 3.8) is 0 Å². The van der Waals surface area contributed by atoms with Crippen molar-refractivity contribution in [2.24, 2.45) is 0 Å². The molecule has 2 aliphatic rings. The molecule has 1 fully saturated rings. The zero-order valence-electron chi connectivity index (χ0n) is 16.0. The van der Waals surface area contributed by atoms with Gasteiger partial charge < -0.3 is 18.9 Å². The molecule has 1 amide bonds. The fourth-order valence-corrected chi connectivity index (χ4v) is 4.22. The van der Waals surface area contributed by atoms with Crippen LogP contribution in [0, 0.1) is 0 Å². The number of aryl methyl sites for hydroxylation is 1. The summed E-state index contributed by atoms with van der Waals surface area (Å²) in [5.41, 5.74) is 1.09. The van der Waals surface area contributed by atoms with Crippen LogP contribution >= 0.6 is 0 Å². The maximum absolute atomic E-state index is 13.1. The Kier molecular flexibility index (Phi) is 5.01. The van der Waals surface area contributed by atoms with Crippen LogP contribution in [0.3, 0.4) is 0 Å². The van der Waals surface area contributed by atoms with Gasteiger partial charge in [-0.05, 0) is 25.3 Å². The number of fused-ring (bicyclic) bond motifs is 1. The average molecular weight is 370 g/mol. The maximum Gasteiger partial charge on any atom is 0.291 e. The number of rotatable bonds is 4. The number of benzene rings is 1. The van der Waals surface area contributed by atoms with Gasteiger partial charge in [-0.2, -0.15) is 0 Å². The highest BCUT2D eigenvalue weighted by atomic mass is 16.5. The summed E-state index contributed by atoms with van der Waals surface area (Å²) >= 11 is 0. The van der Waals surface area contributed by atoms with Crippen molar-refractivity contribution < 1.29 is 14.3 Å². The second kappa shape index (κ2) is 7.58. The summed E-state index contributed by atoms with van der Waals surface area (Å²) in [6.45, 7) is 2.21. The summed E-state index contributed by atoms with van der Waals surface area (Å²) in [5.74, 6) is 3.13. The number of amides is 1. The minimum Gasteiger partial charge on any atom is -0.493 e. The first-order valence-corrected chi connectivity index (χ1v) is 9.65. The van der Waals surface area contributed by atoms with Crippen molar-refractivity contribution in [2.45, 2.75) is 44.6 Å². The molecule has 1 atom stereocenters. The number of para-hydroxylation sites is 1. The van der Waals surface area contributed by atoms with Crippen LogP contribution in [0.1, 0.15) is 53.6 Å². The molecular formula is C20H26N4O3. The van der Waals surface area contributed by atoms with E-state index in [9.17, 15) is 4.79 Å². The molecule has 0 aliphatic carbocycles. The summed E-state index contributed by atoms with van der Waals surface area (Å²) in [7, 11) is 3.30. The zero-order valence-corrected chi connectivity index (χ0v) is 16.0. The highest BCUT2D eigenvalue weighted by Crippen LogP contribution is 2.39. The van der Waals surface area contributed by atoms with Gasteiger partial charge in [0.15, 0.2) is 11.5 Å². The molecule has 0 bridgehead atoms. The van der Waals surface area contributed by atoms with Crippen LogP contribution in [0.25, 0.3) is 0 Å². The van der Waals surface area contributed by atoms with Gasteiger partial charge in [0.05, 0.1) is 14.2 Å². The minimum atomic E-state index is -0.0139. The summed E-state index contributed by atoms with van der Waals surface area (Å²) in [5, 5.41) is 8.49. The third kappa shape index (κ3) is 3.26. The predicted molar refractivity (Wildman–Crippen MR) is 100 cm³/mol. The van der Waals surface area contributed by atoms with Crippen molar-refractivity contribution in [3.8, 4) is 11.5 Å². The van der Waals surface area contributed by atoms with E-state index in [-0.39, 0.29) is 11.8 Å². The number of carbonyl (C=O) groups is 1. The Labute approximate surface area is 159 Å². The Hall–Kier alpha value is -2.57. The molecule has 2 aromatic rings. The molecule has 1 saturated heterocycles. The Balaban J connectivity index is 1.54. The predicted octanol–water partition coefficient (Wildman–Crippen LogP) is 2.65. The van der Waals surface area contributed by atoms with Gasteiger partial charge in [0.25, 0.3) is 5.91 Å². The fourth-order valence-electron chi connectivity index (χ4n) is 4.22. The summed E-state index contributed by atoms with van der Waals surface area (Å²) in [6, 6.07) is 5.92. The van der Waals surface area contributed by atoms with Gasteiger partial charge in [0.1, 0.15) is 5.82 Å². The molecule has 1 unspecified atom stereocenters. The summed E-state index contributed by atoms with van der Waals surface area (Å²) in [6.07, 6.45) is 5.18. The van der Waals surface area contributed by atoms with Crippen LogP contribution in [0.2, 0.25) is 0 Å². The molecule has 3 heterocycles. The van der Waals surface area contributed by atoms with Gasteiger partial charge in [-0.3, -0.25) is 4.79 Å². The summed E-state index contributed by atoms with van der Waals surface area (Å²) in [4.78, 5) is 15.0. The number of carbonyl (C=O) groups excluding carboxylic acids is 1. The van der Waals surface area contributed by atoms with E-state index < -0.39 is 0 Å². The minimum absolute atomic E-state index is 0.0139. The zero-order chi connectivity index (χ0) is 18.8. The highest BCUT2D eigenvalue weighted by molar-refractivity contribution is 5.91. The van der Waals surface area contributed by atoms with Crippen LogP contribution in [0.15, 0.2) is 18.2 Å². The first-order valence-electron chi connectivity index (χ1n) is 9.65. The van der Waals surface area contributed by atoms with Gasteiger partial charge >= 0.3 is 0 Å². The van der Waals surface area contributed by atoms with Crippen molar-refractivity contribution >= 4 is 5.91 Å². The molecule has 0 radical (unpaired) electrons. The van der Waals surface area contributed by atoms with E-state index in [4.69, 9.17) is 9.47 Å². The number of methoxy groups -OCH3 is 2. The first-order chi connectivity index (χ1) is 13.2. The Morgan fingerprint density at radius 3 is 2.81 bits per heavy atom. The molecule has 27 heavy (non-hydrogen) atoms. The van der Waals surface area contributed by atoms with Gasteiger partial charge in [-0.1, -0.05) is 18.6 Å². The lowest BCUT2D eigenvalue weighted by Gasteiger charge is -2.19. The van der Waals surface area contributed by atoms with E-state index >= 15 is 0 Å². The quantitative estimate of drug-likeness (QED) is 0.828. The maximum atomic E-state index is 13.1. The van der Waals surface area contributed by atoms with Crippen molar-refractivity contribution in [3.05, 3.63) is 35.4 Å². The van der Waals surface area contributed by atoms with Crippen LogP contribution in [-0.2, 0) is 13.0 Å². The van der Waals surface area contributed by atoms with Crippen LogP contribution in [0.5, 0.6) is 11.5 Å². The Morgan fingerprint density at radius 2 is 2.00 bits per heavy atom. The highest BCUT2D eigenvalue weighted by Gasteiger charge is 2.33. The van der Waals surface area contributed by atoms with E-state index in [0.29, 0.717) is 18.9 Å². The Morgan fingerprint density at radius 1 is 1.11 bits per heavy atom. The SMILES string of the molecule is COc1cccc(C2CCN(C(=O)c3nnc4n3CCCCC4)C2)c1OC. The number of hydrogen-bond acceptors (Lipinski definition) is 5. The monoisotopic (exact) mass is 370 g/mol. The second-order valence-corrected chi connectivity index (χ2v) is 7.22. The number of likely N-dealkylation sites (tertiary alicyclic amines) is 1. The molecule has 7 heteroatoms. The molecule has 4 rings (SSSR count). The molecule has 0 N–H and O–H groups in total. The van der Waals surface area contributed by atoms with Gasteiger partial charge in [-0.15, -0.1) is 10.2 Å². The topological polar surface area (TPSA) is 69.5 Å². The molecular weight excluding hydrogens is 344 g/mol. The summed E-state index contributed by atoms with van der Waals surface area (Å²) < 4.78 is 13.0. The molecule has 1 aromatic heterocycles. The van der Waals surface area contributed by atoms with E-state index in [1.807, 2.05) is 21.6 Å². The third-order valence-corrected chi connectivity index (χ3v) is 5.65. The largest absolute Gasteiger partial charge is 0.493 e. The number of aromatic nitrogens is 3. The van der Waals surface area contributed by atoms with Gasteiger partial charge in [-0.25, -0.2) is 0 Å². The van der Waals surface area contributed by atoms with Crippen molar-refractivity contribution in [1.29, 1.82) is 0 Å². The Bertz CT molecular complexity index is 833. The van der Waals surface area contributed by atoms with Crippen molar-refractivity contribution in [1.82, 2.24) is 19.7 Å². The lowest BCUT2D eigenvalue weighted by Crippen LogP contribution is -2.31. The normalized spacial score (nSPS) is 19.5. The van der Waals surface area contributed by atoms with E-state index in [1.165, 1.54) is 6.42 Å². The van der Waals surface area contributed by atoms with E-state index in [0.717, 1.165) is 55.1 Å². The molecule has 2 aliphatic heterocycles. The number of hydrogen-bond donors (Lipinski definition) is 0. The van der Waals surface area contributed by atoms with E-state index in [2.05, 4.69) is 16.3 Å². The lowest BCUT2D eigenvalue weighted by atomic mass is 9.97. The lowest BCUT2D eigenvalue weighted by molar-refractivity contribution is 0.0772. The number of nitrogens with zero attached hydrogens (tertiary/aromatic N) is 4. The van der Waals surface area contributed by atoms with E-state index in [1.54, 1.807) is 14.2 Å². The molecule has 1 aromatic carbocycles. The van der Waals surface area contributed by atoms with Crippen LogP contribution < -0.4 is 9.47 Å².